The monoisotopic (exact) mass is 245 g/mol. The maximum atomic E-state index is 10.9. The van der Waals surface area contributed by atoms with Gasteiger partial charge in [0.25, 0.3) is 0 Å². The highest BCUT2D eigenvalue weighted by atomic mass is 32.2. The highest BCUT2D eigenvalue weighted by Gasteiger charge is 2.07. The van der Waals surface area contributed by atoms with Crippen molar-refractivity contribution in [1.29, 1.82) is 0 Å². The molecule has 0 aromatic carbocycles. The summed E-state index contributed by atoms with van der Waals surface area (Å²) < 4.78 is 27.6. The number of methoxy groups -OCH3 is 1. The minimum atomic E-state index is -2.82. The van der Waals surface area contributed by atoms with Crippen molar-refractivity contribution in [3.8, 4) is 6.01 Å². The molecule has 0 aliphatic heterocycles. The molecule has 86 valence electrons. The maximum Gasteiger partial charge on any atom is 0.362 e. The van der Waals surface area contributed by atoms with Crippen LogP contribution in [0.3, 0.4) is 0 Å². The van der Waals surface area contributed by atoms with Crippen molar-refractivity contribution in [2.75, 3.05) is 12.4 Å². The molecule has 0 radical (unpaired) electrons. The van der Waals surface area contributed by atoms with E-state index < -0.39 is 16.5 Å². The van der Waals surface area contributed by atoms with Crippen molar-refractivity contribution < 1.29 is 17.9 Å². The molecular formula is C6H7N5O4S. The molecule has 16 heavy (non-hydrogen) atoms. The molecule has 0 fully saturated rings. The van der Waals surface area contributed by atoms with Crippen LogP contribution in [-0.4, -0.2) is 36.5 Å². The highest BCUT2D eigenvalue weighted by Crippen LogP contribution is 2.06. The molecule has 0 spiro atoms. The van der Waals surface area contributed by atoms with Gasteiger partial charge in [-0.25, -0.2) is 4.79 Å². The molecule has 1 N–H and O–H groups in total. The lowest BCUT2D eigenvalue weighted by molar-refractivity contribution is 0.259. The summed E-state index contributed by atoms with van der Waals surface area (Å²) in [7, 11) is -1.48. The summed E-state index contributed by atoms with van der Waals surface area (Å²) in [6.07, 6.45) is 0. The first-order valence-corrected chi connectivity index (χ1v) is 4.93. The minimum absolute atomic E-state index is 0.00560. The van der Waals surface area contributed by atoms with E-state index in [0.29, 0.717) is 5.82 Å². The third kappa shape index (κ3) is 3.57. The Kier molecular flexibility index (Phi) is 3.83. The molecule has 9 nitrogen and oxygen atoms in total. The number of aromatic nitrogens is 3. The molecule has 1 aromatic heterocycles. The maximum absolute atomic E-state index is 10.9. The van der Waals surface area contributed by atoms with Gasteiger partial charge in [-0.3, -0.25) is 5.32 Å². The van der Waals surface area contributed by atoms with Crippen molar-refractivity contribution in [1.82, 2.24) is 15.0 Å². The molecule has 10 heteroatoms. The van der Waals surface area contributed by atoms with Gasteiger partial charge < -0.3 is 4.74 Å². The average molecular weight is 245 g/mol. The normalized spacial score (nSPS) is 9.38. The predicted octanol–water partition coefficient (Wildman–Crippen LogP) is -0.217. The largest absolute Gasteiger partial charge is 0.467 e. The molecule has 2 amide bonds. The van der Waals surface area contributed by atoms with E-state index in [-0.39, 0.29) is 12.0 Å². The molecule has 0 aliphatic carbocycles. The van der Waals surface area contributed by atoms with Gasteiger partial charge in [-0.05, 0) is 6.92 Å². The van der Waals surface area contributed by atoms with Crippen molar-refractivity contribution in [2.45, 2.75) is 6.92 Å². The summed E-state index contributed by atoms with van der Waals surface area (Å²) in [5.74, 6) is 0.175. The van der Waals surface area contributed by atoms with E-state index >= 15 is 0 Å². The first kappa shape index (κ1) is 12.0. The lowest BCUT2D eigenvalue weighted by Gasteiger charge is -2.02. The Labute approximate surface area is 91.6 Å². The fraction of sp³-hybridized carbons (Fsp3) is 0.333. The number of ether oxygens (including phenoxy) is 1. The van der Waals surface area contributed by atoms with E-state index in [1.54, 1.807) is 6.92 Å². The van der Waals surface area contributed by atoms with Crippen LogP contribution in [0.5, 0.6) is 6.01 Å². The average Bonchev–Trinajstić information content (AvgIpc) is 2.14. The number of amides is 2. The summed E-state index contributed by atoms with van der Waals surface area (Å²) >= 11 is 0. The standard InChI is InChI=1S/C6H7N5O4S/c1-3-7-4(10-6(8-3)15-2)9-5(12)11-16(13)14/h1-2H3,(H,7,8,9,10,12). The molecule has 0 bridgehead atoms. The number of rotatable bonds is 2. The number of aryl methyl sites for hydroxylation is 1. The van der Waals surface area contributed by atoms with Gasteiger partial charge in [-0.1, -0.05) is 4.36 Å². The topological polar surface area (TPSA) is 124 Å². The van der Waals surface area contributed by atoms with E-state index in [4.69, 9.17) is 4.74 Å². The van der Waals surface area contributed by atoms with Crippen LogP contribution in [0.4, 0.5) is 10.7 Å². The quantitative estimate of drug-likeness (QED) is 0.763. The summed E-state index contributed by atoms with van der Waals surface area (Å²) in [5, 5.41) is 2.05. The Morgan fingerprint density at radius 3 is 2.62 bits per heavy atom. The first-order chi connectivity index (χ1) is 7.51. The molecule has 0 unspecified atom stereocenters. The number of nitrogens with one attached hydrogen (secondary N) is 1. The van der Waals surface area contributed by atoms with E-state index in [2.05, 4.69) is 19.3 Å². The Morgan fingerprint density at radius 2 is 2.06 bits per heavy atom. The number of anilines is 1. The number of hydrogen-bond donors (Lipinski definition) is 1. The summed E-state index contributed by atoms with van der Waals surface area (Å²) in [5.41, 5.74) is 0. The first-order valence-electron chi connectivity index (χ1n) is 3.90. The van der Waals surface area contributed by atoms with Gasteiger partial charge in [0, 0.05) is 0 Å². The highest BCUT2D eigenvalue weighted by molar-refractivity contribution is 7.62. The van der Waals surface area contributed by atoms with Crippen molar-refractivity contribution in [3.05, 3.63) is 5.82 Å². The SMILES string of the molecule is COc1nc(C)nc(NC(=O)N=S(=O)=O)n1. The summed E-state index contributed by atoms with van der Waals surface area (Å²) in [6.45, 7) is 1.56. The van der Waals surface area contributed by atoms with Gasteiger partial charge in [-0.15, -0.1) is 0 Å². The minimum Gasteiger partial charge on any atom is -0.467 e. The second kappa shape index (κ2) is 5.11. The second-order valence-electron chi connectivity index (χ2n) is 2.43. The molecule has 1 aromatic rings. The molecule has 1 heterocycles. The number of carbonyl (C=O) groups is 1. The third-order valence-corrected chi connectivity index (χ3v) is 1.60. The van der Waals surface area contributed by atoms with Crippen LogP contribution in [0, 0.1) is 6.92 Å². The van der Waals surface area contributed by atoms with E-state index in [0.717, 1.165) is 0 Å². The zero-order valence-electron chi connectivity index (χ0n) is 8.33. The molecule has 1 rings (SSSR count). The van der Waals surface area contributed by atoms with Crippen LogP contribution in [0.25, 0.3) is 0 Å². The predicted molar refractivity (Wildman–Crippen MR) is 51.5 cm³/mol. The van der Waals surface area contributed by atoms with Crippen LogP contribution in [-0.2, 0) is 10.5 Å². The van der Waals surface area contributed by atoms with Crippen LogP contribution < -0.4 is 10.1 Å². The number of hydrogen-bond acceptors (Lipinski definition) is 7. The van der Waals surface area contributed by atoms with Crippen LogP contribution >= 0.6 is 0 Å². The molecule has 0 aliphatic rings. The number of urea groups is 1. The van der Waals surface area contributed by atoms with Gasteiger partial charge >= 0.3 is 22.5 Å². The molecular weight excluding hydrogens is 238 g/mol. The fourth-order valence-corrected chi connectivity index (χ4v) is 0.972. The Bertz CT molecular complexity index is 532. The van der Waals surface area contributed by atoms with Gasteiger partial charge in [0.05, 0.1) is 7.11 Å². The van der Waals surface area contributed by atoms with Gasteiger partial charge in [0.15, 0.2) is 0 Å². The molecule has 0 saturated heterocycles. The number of carbonyl (C=O) groups excluding carboxylic acids is 1. The van der Waals surface area contributed by atoms with Crippen LogP contribution in [0.15, 0.2) is 4.36 Å². The smallest absolute Gasteiger partial charge is 0.362 e. The van der Waals surface area contributed by atoms with Gasteiger partial charge in [0.2, 0.25) is 5.95 Å². The lowest BCUT2D eigenvalue weighted by Crippen LogP contribution is -2.11. The van der Waals surface area contributed by atoms with E-state index in [9.17, 15) is 13.2 Å². The fourth-order valence-electron chi connectivity index (χ4n) is 0.791. The van der Waals surface area contributed by atoms with E-state index in [1.165, 1.54) is 7.11 Å². The summed E-state index contributed by atoms with van der Waals surface area (Å²) in [6, 6.07) is -1.09. The Balaban J connectivity index is 2.93. The lowest BCUT2D eigenvalue weighted by atomic mass is 10.7. The zero-order chi connectivity index (χ0) is 12.1. The van der Waals surface area contributed by atoms with Gasteiger partial charge in [-0.2, -0.15) is 23.4 Å². The zero-order valence-corrected chi connectivity index (χ0v) is 9.15. The number of nitrogens with zero attached hydrogens (tertiary/aromatic N) is 4. The van der Waals surface area contributed by atoms with Crippen LogP contribution in [0.2, 0.25) is 0 Å². The third-order valence-electron chi connectivity index (χ3n) is 1.29. The Hall–Kier alpha value is -2.10. The van der Waals surface area contributed by atoms with Gasteiger partial charge in [0.1, 0.15) is 5.82 Å². The van der Waals surface area contributed by atoms with E-state index in [1.807, 2.05) is 5.32 Å². The second-order valence-corrected chi connectivity index (χ2v) is 3.05. The summed E-state index contributed by atoms with van der Waals surface area (Å²) in [4.78, 5) is 22.1. The van der Waals surface area contributed by atoms with Crippen molar-refractivity contribution >= 4 is 22.5 Å². The molecule has 0 saturated carbocycles. The Morgan fingerprint density at radius 1 is 1.38 bits per heavy atom. The van der Waals surface area contributed by atoms with Crippen LogP contribution in [0.1, 0.15) is 5.82 Å². The molecule has 0 atom stereocenters. The van der Waals surface area contributed by atoms with Crippen molar-refractivity contribution in [2.24, 2.45) is 4.36 Å². The van der Waals surface area contributed by atoms with Crippen molar-refractivity contribution in [3.63, 3.8) is 0 Å².